The topological polar surface area (TPSA) is 123 Å². The molecule has 0 unspecified atom stereocenters. The molecule has 0 spiro atoms. The number of carbonyl (C=O) groups is 2. The molecule has 3 aliphatic carbocycles. The van der Waals surface area contributed by atoms with Crippen molar-refractivity contribution < 1.29 is 28.6 Å². The second-order valence-electron chi connectivity index (χ2n) is 7.70. The van der Waals surface area contributed by atoms with Gasteiger partial charge in [-0.1, -0.05) is 11.6 Å². The van der Waals surface area contributed by atoms with Crippen molar-refractivity contribution in [2.75, 3.05) is 13.7 Å². The Morgan fingerprint density at radius 2 is 2.03 bits per heavy atom. The summed E-state index contributed by atoms with van der Waals surface area (Å²) in [6.45, 7) is -0.357. The van der Waals surface area contributed by atoms with Crippen LogP contribution in [0.5, 0.6) is 11.8 Å². The van der Waals surface area contributed by atoms with Gasteiger partial charge >= 0.3 is 6.01 Å². The minimum Gasteiger partial charge on any atom is -0.484 e. The Labute approximate surface area is 187 Å². The Morgan fingerprint density at radius 1 is 1.31 bits per heavy atom. The molecule has 0 saturated heterocycles. The molecule has 32 heavy (non-hydrogen) atoms. The Balaban J connectivity index is 1.33. The summed E-state index contributed by atoms with van der Waals surface area (Å²) in [6.07, 6.45) is 3.04. The molecule has 0 aliphatic heterocycles. The molecule has 9 nitrogen and oxygen atoms in total. The third kappa shape index (κ3) is 4.51. The summed E-state index contributed by atoms with van der Waals surface area (Å²) >= 11 is 5.62. The van der Waals surface area contributed by atoms with Crippen LogP contribution < -0.4 is 20.1 Å². The largest absolute Gasteiger partial charge is 0.484 e. The monoisotopic (exact) mass is 462 g/mol. The van der Waals surface area contributed by atoms with Crippen molar-refractivity contribution in [2.24, 2.45) is 0 Å². The number of methoxy groups -OCH3 is 1. The van der Waals surface area contributed by atoms with Crippen molar-refractivity contribution in [3.05, 3.63) is 58.3 Å². The minimum atomic E-state index is -0.947. The number of benzene rings is 1. The summed E-state index contributed by atoms with van der Waals surface area (Å²) in [5, 5.41) is 16.1. The second kappa shape index (κ2) is 8.71. The number of hydrogen-bond donors (Lipinski definition) is 3. The number of aliphatic hydroxyl groups excluding tert-OH is 1. The maximum Gasteiger partial charge on any atom is 0.316 e. The summed E-state index contributed by atoms with van der Waals surface area (Å²) in [7, 11) is 1.43. The highest BCUT2D eigenvalue weighted by Crippen LogP contribution is 2.47. The smallest absolute Gasteiger partial charge is 0.316 e. The van der Waals surface area contributed by atoms with E-state index >= 15 is 0 Å². The molecule has 1 heterocycles. The van der Waals surface area contributed by atoms with Gasteiger partial charge in [-0.2, -0.15) is 0 Å². The van der Waals surface area contributed by atoms with Gasteiger partial charge in [-0.3, -0.25) is 9.59 Å². The average molecular weight is 463 g/mol. The molecular weight excluding hydrogens is 443 g/mol. The number of aliphatic hydroxyl groups is 1. The molecule has 3 N–H and O–H groups in total. The first-order chi connectivity index (χ1) is 15.3. The van der Waals surface area contributed by atoms with Crippen LogP contribution in [0, 0.1) is 5.82 Å². The molecule has 1 saturated carbocycles. The number of ether oxygens (including phenoxy) is 2. The first kappa shape index (κ1) is 22.0. The Kier molecular flexibility index (Phi) is 5.98. The van der Waals surface area contributed by atoms with Crippen LogP contribution in [-0.2, 0) is 4.79 Å². The van der Waals surface area contributed by atoms with E-state index < -0.39 is 23.4 Å². The average Bonchev–Trinajstić information content (AvgIpc) is 2.75. The van der Waals surface area contributed by atoms with E-state index in [1.54, 1.807) is 0 Å². The first-order valence-electron chi connectivity index (χ1n) is 9.75. The molecule has 2 aromatic rings. The highest BCUT2D eigenvalue weighted by molar-refractivity contribution is 6.30. The molecule has 3 aliphatic rings. The lowest BCUT2D eigenvalue weighted by Gasteiger charge is -2.51. The predicted octanol–water partition coefficient (Wildman–Crippen LogP) is 1.75. The van der Waals surface area contributed by atoms with Crippen LogP contribution >= 0.6 is 11.6 Å². The molecule has 11 heteroatoms. The van der Waals surface area contributed by atoms with Gasteiger partial charge in [0.15, 0.2) is 6.61 Å². The molecule has 1 atom stereocenters. The predicted molar refractivity (Wildman–Crippen MR) is 111 cm³/mol. The molecule has 0 radical (unpaired) electrons. The van der Waals surface area contributed by atoms with Crippen LogP contribution in [0.2, 0.25) is 5.02 Å². The van der Waals surface area contributed by atoms with Crippen LogP contribution in [0.4, 0.5) is 4.39 Å². The number of halogens is 2. The van der Waals surface area contributed by atoms with Gasteiger partial charge in [0.05, 0.1) is 29.3 Å². The minimum absolute atomic E-state index is 0.0424. The summed E-state index contributed by atoms with van der Waals surface area (Å²) in [6, 6.07) is 4.03. The SMILES string of the molecule is COc1ncc(C(=O)NC23CC(=C(NC(=O)COc4ccc(Cl)c(F)c4)[C@@H](O)C2)C3)cn1. The van der Waals surface area contributed by atoms with Gasteiger partial charge in [-0.15, -0.1) is 0 Å². The lowest BCUT2D eigenvalue weighted by Crippen LogP contribution is -2.61. The molecule has 1 fully saturated rings. The van der Waals surface area contributed by atoms with Gasteiger partial charge < -0.3 is 25.2 Å². The van der Waals surface area contributed by atoms with E-state index in [4.69, 9.17) is 21.1 Å². The van der Waals surface area contributed by atoms with E-state index in [0.29, 0.717) is 18.5 Å². The van der Waals surface area contributed by atoms with E-state index in [0.717, 1.165) is 11.6 Å². The lowest BCUT2D eigenvalue weighted by atomic mass is 9.63. The standard InChI is InChI=1S/C21H20ClFN4O5/c1-31-20-24-8-12(9-25-20)19(30)27-21-5-11(6-21)18(16(28)7-21)26-17(29)10-32-13-2-3-14(22)15(23)4-13/h2-4,8-9,16,28H,5-7,10H2,1H3,(H,26,29)(H,27,30)/t16-/m0/s1. The summed E-state index contributed by atoms with van der Waals surface area (Å²) in [4.78, 5) is 32.6. The molecule has 168 valence electrons. The highest BCUT2D eigenvalue weighted by Gasteiger charge is 2.50. The Bertz CT molecular complexity index is 1080. The molecule has 2 amide bonds. The highest BCUT2D eigenvalue weighted by atomic mass is 35.5. The van der Waals surface area contributed by atoms with Gasteiger partial charge in [0, 0.05) is 30.6 Å². The van der Waals surface area contributed by atoms with Gasteiger partial charge in [0.25, 0.3) is 11.8 Å². The number of nitrogens with zero attached hydrogens (tertiary/aromatic N) is 2. The van der Waals surface area contributed by atoms with Crippen LogP contribution in [-0.4, -0.2) is 52.2 Å². The maximum atomic E-state index is 13.5. The van der Waals surface area contributed by atoms with Crippen LogP contribution in [0.3, 0.4) is 0 Å². The number of amides is 2. The van der Waals surface area contributed by atoms with Crippen LogP contribution in [0.1, 0.15) is 29.6 Å². The number of fused-ring (bicyclic) bond motifs is 2. The van der Waals surface area contributed by atoms with Gasteiger partial charge in [-0.05, 0) is 30.5 Å². The fourth-order valence-corrected chi connectivity index (χ4v) is 3.99. The number of aromatic nitrogens is 2. The van der Waals surface area contributed by atoms with Crippen LogP contribution in [0.25, 0.3) is 0 Å². The molecular formula is C21H20ClFN4O5. The first-order valence-corrected chi connectivity index (χ1v) is 10.1. The molecule has 1 aromatic carbocycles. The van der Waals surface area contributed by atoms with Gasteiger partial charge in [0.2, 0.25) is 0 Å². The van der Waals surface area contributed by atoms with Gasteiger partial charge in [0.1, 0.15) is 11.6 Å². The van der Waals surface area contributed by atoms with Crippen molar-refractivity contribution in [3.63, 3.8) is 0 Å². The van der Waals surface area contributed by atoms with Crippen molar-refractivity contribution >= 4 is 23.4 Å². The quantitative estimate of drug-likeness (QED) is 0.573. The Morgan fingerprint density at radius 3 is 2.66 bits per heavy atom. The van der Waals surface area contributed by atoms with Gasteiger partial charge in [-0.25, -0.2) is 14.4 Å². The van der Waals surface area contributed by atoms with E-state index in [9.17, 15) is 19.1 Å². The van der Waals surface area contributed by atoms with Crippen LogP contribution in [0.15, 0.2) is 41.9 Å². The third-order valence-electron chi connectivity index (χ3n) is 5.39. The zero-order chi connectivity index (χ0) is 22.9. The zero-order valence-corrected chi connectivity index (χ0v) is 17.8. The molecule has 1 aromatic heterocycles. The summed E-state index contributed by atoms with van der Waals surface area (Å²) in [5.74, 6) is -1.32. The number of carbonyl (C=O) groups excluding carboxylic acids is 2. The summed E-state index contributed by atoms with van der Waals surface area (Å²) in [5.41, 5.74) is 0.963. The van der Waals surface area contributed by atoms with E-state index in [1.165, 1.54) is 31.6 Å². The number of hydrogen-bond acceptors (Lipinski definition) is 7. The van der Waals surface area contributed by atoms with Crippen molar-refractivity contribution in [1.29, 1.82) is 0 Å². The fourth-order valence-electron chi connectivity index (χ4n) is 3.87. The van der Waals surface area contributed by atoms with E-state index in [2.05, 4.69) is 20.6 Å². The molecule has 5 rings (SSSR count). The number of nitrogens with one attached hydrogen (secondary N) is 2. The van der Waals surface area contributed by atoms with E-state index in [1.807, 2.05) is 0 Å². The van der Waals surface area contributed by atoms with Crippen molar-refractivity contribution in [3.8, 4) is 11.8 Å². The third-order valence-corrected chi connectivity index (χ3v) is 5.69. The zero-order valence-electron chi connectivity index (χ0n) is 17.0. The summed E-state index contributed by atoms with van der Waals surface area (Å²) < 4.78 is 23.6. The lowest BCUT2D eigenvalue weighted by molar-refractivity contribution is -0.123. The van der Waals surface area contributed by atoms with E-state index in [-0.39, 0.29) is 41.3 Å². The molecule has 2 bridgehead atoms. The van der Waals surface area contributed by atoms with Crippen molar-refractivity contribution in [2.45, 2.75) is 30.9 Å². The Hall–Kier alpha value is -3.24. The maximum absolute atomic E-state index is 13.5. The second-order valence-corrected chi connectivity index (χ2v) is 8.10. The normalized spacial score (nSPS) is 21.4. The number of rotatable bonds is 7. The van der Waals surface area contributed by atoms with Crippen molar-refractivity contribution in [1.82, 2.24) is 20.6 Å². The fraction of sp³-hybridized carbons (Fsp3) is 0.333.